The average molecular weight is 334 g/mol. The molecule has 0 atom stereocenters. The summed E-state index contributed by atoms with van der Waals surface area (Å²) in [4.78, 5) is 16.4. The van der Waals surface area contributed by atoms with Crippen LogP contribution in [0.1, 0.15) is 0 Å². The van der Waals surface area contributed by atoms with E-state index >= 15 is 0 Å². The molecule has 0 aliphatic carbocycles. The van der Waals surface area contributed by atoms with Crippen LogP contribution in [-0.2, 0) is 27.2 Å². The Balaban J connectivity index is 0.00000324. The van der Waals surface area contributed by atoms with Gasteiger partial charge in [-0.2, -0.15) is 0 Å². The fourth-order valence-electron chi connectivity index (χ4n) is 1.13. The van der Waals surface area contributed by atoms with Gasteiger partial charge in [0.15, 0.2) is 4.90 Å². The first-order chi connectivity index (χ1) is 8.07. The molecule has 1 radical (unpaired) electrons. The van der Waals surface area contributed by atoms with Crippen LogP contribution in [0.15, 0.2) is 11.0 Å². The smallest absolute Gasteiger partial charge is 0.319 e. The second kappa shape index (κ2) is 5.36. The van der Waals surface area contributed by atoms with Crippen LogP contribution in [0.4, 0.5) is 11.4 Å². The Kier molecular flexibility index (Phi) is 4.81. The zero-order valence-electron chi connectivity index (χ0n) is 8.51. The molecule has 1 rings (SSSR count). The van der Waals surface area contributed by atoms with Gasteiger partial charge in [-0.15, -0.1) is 0 Å². The molecule has 0 aliphatic heterocycles. The minimum atomic E-state index is -5.54. The topological polar surface area (TPSA) is 184 Å². The molecular formula is C6H3MnN2O9S-. The van der Waals surface area contributed by atoms with Crippen molar-refractivity contribution in [2.75, 3.05) is 0 Å². The third-order valence-corrected chi connectivity index (χ3v) is 2.72. The number of rotatable bonds is 3. The molecule has 0 amide bonds. The second-order valence-corrected chi connectivity index (χ2v) is 4.23. The van der Waals surface area contributed by atoms with Gasteiger partial charge in [0, 0.05) is 17.1 Å². The predicted octanol–water partition coefficient (Wildman–Crippen LogP) is -0.184. The van der Waals surface area contributed by atoms with Crippen LogP contribution in [0, 0.1) is 20.2 Å². The van der Waals surface area contributed by atoms with E-state index in [2.05, 4.69) is 0 Å². The summed E-state index contributed by atoms with van der Waals surface area (Å²) in [6, 6.07) is 0.138. The van der Waals surface area contributed by atoms with E-state index in [1.54, 1.807) is 0 Å². The van der Waals surface area contributed by atoms with E-state index in [0.29, 0.717) is 0 Å². The van der Waals surface area contributed by atoms with Gasteiger partial charge in [0.1, 0.15) is 16.2 Å². The van der Waals surface area contributed by atoms with Gasteiger partial charge in [-0.3, -0.25) is 20.2 Å². The Hall–Kier alpha value is -1.95. The van der Waals surface area contributed by atoms with Crippen LogP contribution < -0.4 is 0 Å². The maximum absolute atomic E-state index is 10.7. The maximum atomic E-state index is 10.7. The fraction of sp³-hybridized carbons (Fsp3) is 0. The number of nitro groups is 2. The summed E-state index contributed by atoms with van der Waals surface area (Å²) < 4.78 is 32.1. The second-order valence-electron chi connectivity index (χ2n) is 2.91. The predicted molar refractivity (Wildman–Crippen MR) is 51.0 cm³/mol. The molecule has 1 aromatic carbocycles. The van der Waals surface area contributed by atoms with E-state index in [1.807, 2.05) is 0 Å². The Morgan fingerprint density at radius 3 is 1.53 bits per heavy atom. The van der Waals surface area contributed by atoms with Crippen LogP contribution in [0.5, 0.6) is 11.5 Å². The molecule has 19 heavy (non-hydrogen) atoms. The van der Waals surface area contributed by atoms with Gasteiger partial charge in [0.25, 0.3) is 0 Å². The summed E-state index contributed by atoms with van der Waals surface area (Å²) >= 11 is 0. The molecule has 0 unspecified atom stereocenters. The number of benzene rings is 1. The molecule has 0 heterocycles. The Morgan fingerprint density at radius 2 is 1.32 bits per heavy atom. The normalized spacial score (nSPS) is 10.6. The summed E-state index contributed by atoms with van der Waals surface area (Å²) in [7, 11) is -5.54. The maximum Gasteiger partial charge on any atom is 0.319 e. The Labute approximate surface area is 115 Å². The van der Waals surface area contributed by atoms with Crippen LogP contribution >= 0.6 is 0 Å². The monoisotopic (exact) mass is 334 g/mol. The van der Waals surface area contributed by atoms with Crippen molar-refractivity contribution in [2.24, 2.45) is 0 Å². The first kappa shape index (κ1) is 17.0. The van der Waals surface area contributed by atoms with Gasteiger partial charge >= 0.3 is 11.4 Å². The summed E-state index contributed by atoms with van der Waals surface area (Å²) in [6.07, 6.45) is 0. The van der Waals surface area contributed by atoms with Crippen molar-refractivity contribution in [3.8, 4) is 11.5 Å². The van der Waals surface area contributed by atoms with Crippen molar-refractivity contribution in [1.29, 1.82) is 0 Å². The molecule has 0 aromatic heterocycles. The average Bonchev–Trinajstić information content (AvgIpc) is 2.13. The third kappa shape index (κ3) is 3.08. The first-order valence-electron chi connectivity index (χ1n) is 3.91. The number of phenols is 2. The van der Waals surface area contributed by atoms with E-state index < -0.39 is 47.7 Å². The largest absolute Gasteiger partial charge is 0.744 e. The summed E-state index contributed by atoms with van der Waals surface area (Å²) in [5.41, 5.74) is -2.76. The number of phenolic OH excluding ortho intramolecular Hbond substituents is 2. The zero-order valence-corrected chi connectivity index (χ0v) is 10.5. The van der Waals surface area contributed by atoms with Gasteiger partial charge < -0.3 is 14.8 Å². The van der Waals surface area contributed by atoms with Crippen molar-refractivity contribution in [3.63, 3.8) is 0 Å². The van der Waals surface area contributed by atoms with Crippen LogP contribution in [-0.4, -0.2) is 33.0 Å². The van der Waals surface area contributed by atoms with E-state index in [0.717, 1.165) is 0 Å². The summed E-state index contributed by atoms with van der Waals surface area (Å²) in [5, 5.41) is 39.2. The number of hydrogen-bond acceptors (Lipinski definition) is 9. The van der Waals surface area contributed by atoms with Gasteiger partial charge in [-0.25, -0.2) is 8.42 Å². The molecule has 0 aliphatic rings. The van der Waals surface area contributed by atoms with Crippen LogP contribution in [0.25, 0.3) is 0 Å². The van der Waals surface area contributed by atoms with Crippen molar-refractivity contribution in [3.05, 3.63) is 26.3 Å². The van der Waals surface area contributed by atoms with Crippen molar-refractivity contribution in [2.45, 2.75) is 4.90 Å². The zero-order chi connectivity index (χ0) is 14.2. The SMILES string of the molecule is O=[N+]([O-])c1cc([N+](=O)[O-])c(O)c(S(=O)(=O)[O-])c1O.[Mn]. The molecule has 0 spiro atoms. The first-order valence-corrected chi connectivity index (χ1v) is 5.31. The van der Waals surface area contributed by atoms with E-state index in [-0.39, 0.29) is 23.1 Å². The standard InChI is InChI=1S/C6H4N2O9S.Mn/c9-4-2(7(11)12)1-3(8(13)14)5(10)6(4)18(15,16)17;/h1,9-10H,(H,15,16,17);/p-1. The summed E-state index contributed by atoms with van der Waals surface area (Å²) in [6.45, 7) is 0. The molecule has 2 N–H and O–H groups in total. The summed E-state index contributed by atoms with van der Waals surface area (Å²) in [5.74, 6) is -3.31. The van der Waals surface area contributed by atoms with Crippen molar-refractivity contribution >= 4 is 21.5 Å². The number of nitro benzene ring substituents is 2. The molecule has 0 saturated heterocycles. The molecule has 13 heteroatoms. The molecule has 1 aromatic rings. The van der Waals surface area contributed by atoms with E-state index in [1.165, 1.54) is 0 Å². The Bertz CT molecular complexity index is 617. The third-order valence-electron chi connectivity index (χ3n) is 1.83. The van der Waals surface area contributed by atoms with E-state index in [9.17, 15) is 43.4 Å². The van der Waals surface area contributed by atoms with Gasteiger partial charge in [-0.1, -0.05) is 0 Å². The van der Waals surface area contributed by atoms with Crippen molar-refractivity contribution < 1.29 is 50.1 Å². The van der Waals surface area contributed by atoms with Crippen LogP contribution in [0.2, 0.25) is 0 Å². The Morgan fingerprint density at radius 1 is 1.00 bits per heavy atom. The molecule has 0 fully saturated rings. The van der Waals surface area contributed by atoms with Crippen molar-refractivity contribution in [1.82, 2.24) is 0 Å². The molecule has 11 nitrogen and oxygen atoms in total. The number of nitrogens with zero attached hydrogens (tertiary/aromatic N) is 2. The molecule has 105 valence electrons. The quantitative estimate of drug-likeness (QED) is 0.327. The number of aromatic hydroxyl groups is 2. The van der Waals surface area contributed by atoms with E-state index in [4.69, 9.17) is 0 Å². The van der Waals surface area contributed by atoms with Gasteiger partial charge in [-0.05, 0) is 0 Å². The minimum absolute atomic E-state index is 0. The van der Waals surface area contributed by atoms with Gasteiger partial charge in [0.05, 0.1) is 9.85 Å². The molecule has 0 saturated carbocycles. The van der Waals surface area contributed by atoms with Crippen LogP contribution in [0.3, 0.4) is 0 Å². The number of hydrogen-bond donors (Lipinski definition) is 2. The fourth-order valence-corrected chi connectivity index (χ4v) is 1.81. The molecular weight excluding hydrogens is 331 g/mol. The molecule has 0 bridgehead atoms. The minimum Gasteiger partial charge on any atom is -0.744 e. The van der Waals surface area contributed by atoms with Gasteiger partial charge in [0.2, 0.25) is 11.5 Å².